The van der Waals surface area contributed by atoms with Gasteiger partial charge in [0.1, 0.15) is 5.75 Å². The number of aryl methyl sites for hydroxylation is 2. The van der Waals surface area contributed by atoms with Gasteiger partial charge in [0.05, 0.1) is 12.8 Å². The van der Waals surface area contributed by atoms with Crippen molar-refractivity contribution < 1.29 is 14.3 Å². The molecule has 3 aromatic rings. The van der Waals surface area contributed by atoms with Crippen LogP contribution < -0.4 is 20.7 Å². The predicted octanol–water partition coefficient (Wildman–Crippen LogP) is 4.98. The zero-order valence-electron chi connectivity index (χ0n) is 17.1. The molecule has 0 aliphatic carbocycles. The number of ether oxygens (including phenoxy) is 1. The smallest absolute Gasteiger partial charge is 0.325 e. The molecule has 0 unspecified atom stereocenters. The van der Waals surface area contributed by atoms with Gasteiger partial charge in [0.15, 0.2) is 5.13 Å². The second kappa shape index (κ2) is 9.89. The molecule has 1 aromatic heterocycles. The van der Waals surface area contributed by atoms with Crippen LogP contribution in [-0.2, 0) is 11.2 Å². The molecule has 0 aliphatic rings. The molecule has 8 heteroatoms. The van der Waals surface area contributed by atoms with Gasteiger partial charge in [-0.25, -0.2) is 9.78 Å². The quantitative estimate of drug-likeness (QED) is 0.498. The molecule has 156 valence electrons. The molecule has 0 spiro atoms. The van der Waals surface area contributed by atoms with Gasteiger partial charge in [0.25, 0.3) is 0 Å². The van der Waals surface area contributed by atoms with Crippen LogP contribution in [0, 0.1) is 13.8 Å². The highest BCUT2D eigenvalue weighted by atomic mass is 32.1. The number of nitrogens with one attached hydrogen (secondary N) is 3. The summed E-state index contributed by atoms with van der Waals surface area (Å²) in [6.07, 6.45) is 0.809. The Morgan fingerprint density at radius 1 is 1.03 bits per heavy atom. The normalized spacial score (nSPS) is 10.4. The minimum atomic E-state index is -0.381. The number of rotatable bonds is 7. The van der Waals surface area contributed by atoms with Crippen molar-refractivity contribution >= 4 is 39.8 Å². The van der Waals surface area contributed by atoms with Gasteiger partial charge in [-0.2, -0.15) is 0 Å². The number of thiazole rings is 1. The SMILES string of the molecule is COc1ccc(NC(=O)Nc2nc(CCC(=O)Nc3cccc(C)c3C)cs2)cc1. The van der Waals surface area contributed by atoms with E-state index in [1.807, 2.05) is 37.4 Å². The fourth-order valence-electron chi connectivity index (χ4n) is 2.75. The number of aromatic nitrogens is 1. The Morgan fingerprint density at radius 3 is 2.53 bits per heavy atom. The van der Waals surface area contributed by atoms with Gasteiger partial charge in [-0.1, -0.05) is 12.1 Å². The largest absolute Gasteiger partial charge is 0.497 e. The van der Waals surface area contributed by atoms with E-state index < -0.39 is 0 Å². The Hall–Kier alpha value is -3.39. The van der Waals surface area contributed by atoms with E-state index in [1.54, 1.807) is 31.4 Å². The van der Waals surface area contributed by atoms with Gasteiger partial charge < -0.3 is 15.4 Å². The summed E-state index contributed by atoms with van der Waals surface area (Å²) in [5.41, 5.74) is 4.43. The van der Waals surface area contributed by atoms with Gasteiger partial charge in [-0.15, -0.1) is 11.3 Å². The molecule has 30 heavy (non-hydrogen) atoms. The molecule has 0 radical (unpaired) electrons. The molecule has 7 nitrogen and oxygen atoms in total. The average Bonchev–Trinajstić information content (AvgIpc) is 3.17. The number of hydrogen-bond donors (Lipinski definition) is 3. The van der Waals surface area contributed by atoms with Gasteiger partial charge in [-0.05, 0) is 61.7 Å². The number of hydrogen-bond acceptors (Lipinski definition) is 5. The van der Waals surface area contributed by atoms with E-state index in [2.05, 4.69) is 20.9 Å². The number of carbonyl (C=O) groups excluding carboxylic acids is 2. The third kappa shape index (κ3) is 5.81. The summed E-state index contributed by atoms with van der Waals surface area (Å²) in [4.78, 5) is 28.8. The highest BCUT2D eigenvalue weighted by Gasteiger charge is 2.10. The summed E-state index contributed by atoms with van der Waals surface area (Å²) in [6.45, 7) is 4.00. The van der Waals surface area contributed by atoms with Crippen LogP contribution in [0.1, 0.15) is 23.2 Å². The van der Waals surface area contributed by atoms with Crippen molar-refractivity contribution in [1.82, 2.24) is 4.98 Å². The molecule has 0 fully saturated rings. The van der Waals surface area contributed by atoms with Crippen molar-refractivity contribution in [3.8, 4) is 5.75 Å². The first kappa shape index (κ1) is 21.3. The lowest BCUT2D eigenvalue weighted by Gasteiger charge is -2.09. The number of anilines is 3. The molecule has 0 saturated heterocycles. The molecule has 0 saturated carbocycles. The van der Waals surface area contributed by atoms with Crippen LogP contribution in [0.2, 0.25) is 0 Å². The van der Waals surface area contributed by atoms with Crippen LogP contribution in [0.5, 0.6) is 5.75 Å². The Balaban J connectivity index is 1.47. The van der Waals surface area contributed by atoms with Crippen LogP contribution in [0.25, 0.3) is 0 Å². The zero-order valence-corrected chi connectivity index (χ0v) is 17.9. The maximum Gasteiger partial charge on any atom is 0.325 e. The van der Waals surface area contributed by atoms with E-state index in [4.69, 9.17) is 4.74 Å². The number of carbonyl (C=O) groups is 2. The maximum absolute atomic E-state index is 12.3. The van der Waals surface area contributed by atoms with Crippen LogP contribution in [0.4, 0.5) is 21.3 Å². The minimum Gasteiger partial charge on any atom is -0.497 e. The van der Waals surface area contributed by atoms with E-state index in [0.29, 0.717) is 29.4 Å². The average molecular weight is 425 g/mol. The standard InChI is InChI=1S/C22H24N4O3S/c1-14-5-4-6-19(15(14)2)25-20(27)12-9-17-13-30-22(24-17)26-21(28)23-16-7-10-18(29-3)11-8-16/h4-8,10-11,13H,9,12H2,1-3H3,(H,25,27)(H2,23,24,26,28). The number of amides is 3. The second-order valence-corrected chi connectivity index (χ2v) is 7.61. The third-order valence-corrected chi connectivity index (χ3v) is 5.41. The van der Waals surface area contributed by atoms with E-state index in [1.165, 1.54) is 11.3 Å². The van der Waals surface area contributed by atoms with Crippen molar-refractivity contribution in [2.24, 2.45) is 0 Å². The fourth-order valence-corrected chi connectivity index (χ4v) is 3.49. The topological polar surface area (TPSA) is 92.3 Å². The molecule has 1 heterocycles. The molecular weight excluding hydrogens is 400 g/mol. The van der Waals surface area contributed by atoms with Gasteiger partial charge in [-0.3, -0.25) is 10.1 Å². The minimum absolute atomic E-state index is 0.0662. The first-order chi connectivity index (χ1) is 14.4. The van der Waals surface area contributed by atoms with Crippen LogP contribution in [0.3, 0.4) is 0 Å². The summed E-state index contributed by atoms with van der Waals surface area (Å²) >= 11 is 1.32. The van der Waals surface area contributed by atoms with Crippen LogP contribution in [0.15, 0.2) is 47.8 Å². The Kier molecular flexibility index (Phi) is 7.03. The monoisotopic (exact) mass is 424 g/mol. The molecular formula is C22H24N4O3S. The summed E-state index contributed by atoms with van der Waals surface area (Å²) in [7, 11) is 1.59. The van der Waals surface area contributed by atoms with Crippen LogP contribution >= 0.6 is 11.3 Å². The van der Waals surface area contributed by atoms with Gasteiger partial charge >= 0.3 is 6.03 Å². The lowest BCUT2D eigenvalue weighted by Crippen LogP contribution is -2.19. The number of nitrogens with zero attached hydrogens (tertiary/aromatic N) is 1. The second-order valence-electron chi connectivity index (χ2n) is 6.75. The van der Waals surface area contributed by atoms with Crippen LogP contribution in [-0.4, -0.2) is 24.0 Å². The molecule has 0 atom stereocenters. The predicted molar refractivity (Wildman–Crippen MR) is 121 cm³/mol. The molecule has 3 rings (SSSR count). The van der Waals surface area contributed by atoms with Crippen molar-refractivity contribution in [2.75, 3.05) is 23.1 Å². The zero-order chi connectivity index (χ0) is 21.5. The number of urea groups is 1. The van der Waals surface area contributed by atoms with Gasteiger partial charge in [0, 0.05) is 23.2 Å². The number of methoxy groups -OCH3 is 1. The molecule has 3 amide bonds. The lowest BCUT2D eigenvalue weighted by molar-refractivity contribution is -0.116. The first-order valence-corrected chi connectivity index (χ1v) is 10.3. The van der Waals surface area contributed by atoms with Crippen molar-refractivity contribution in [2.45, 2.75) is 26.7 Å². The molecule has 0 bridgehead atoms. The van der Waals surface area contributed by atoms with E-state index >= 15 is 0 Å². The summed E-state index contributed by atoms with van der Waals surface area (Å²) in [5.74, 6) is 0.649. The summed E-state index contributed by atoms with van der Waals surface area (Å²) in [5, 5.41) is 10.7. The van der Waals surface area contributed by atoms with E-state index in [0.717, 1.165) is 22.5 Å². The van der Waals surface area contributed by atoms with Crippen molar-refractivity contribution in [3.63, 3.8) is 0 Å². The van der Waals surface area contributed by atoms with Crippen molar-refractivity contribution in [1.29, 1.82) is 0 Å². The molecule has 3 N–H and O–H groups in total. The Labute approximate surface area is 179 Å². The molecule has 2 aromatic carbocycles. The lowest BCUT2D eigenvalue weighted by atomic mass is 10.1. The van der Waals surface area contributed by atoms with Crippen molar-refractivity contribution in [3.05, 3.63) is 64.7 Å². The summed E-state index contributed by atoms with van der Waals surface area (Å²) < 4.78 is 5.09. The van der Waals surface area contributed by atoms with E-state index in [-0.39, 0.29) is 11.9 Å². The highest BCUT2D eigenvalue weighted by Crippen LogP contribution is 2.20. The Bertz CT molecular complexity index is 1030. The fraction of sp³-hybridized carbons (Fsp3) is 0.227. The maximum atomic E-state index is 12.3. The third-order valence-electron chi connectivity index (χ3n) is 4.61. The van der Waals surface area contributed by atoms with E-state index in [9.17, 15) is 9.59 Å². The molecule has 0 aliphatic heterocycles. The number of benzene rings is 2. The Morgan fingerprint density at radius 2 is 1.80 bits per heavy atom. The summed E-state index contributed by atoms with van der Waals surface area (Å²) in [6, 6.07) is 12.5. The highest BCUT2D eigenvalue weighted by molar-refractivity contribution is 7.13. The first-order valence-electron chi connectivity index (χ1n) is 9.47. The van der Waals surface area contributed by atoms with Gasteiger partial charge in [0.2, 0.25) is 5.91 Å².